The van der Waals surface area contributed by atoms with Crippen LogP contribution in [0.15, 0.2) is 10.7 Å². The number of rotatable bonds is 33. The van der Waals surface area contributed by atoms with Gasteiger partial charge in [-0.25, -0.2) is 4.98 Å². The van der Waals surface area contributed by atoms with Crippen LogP contribution in [0, 0.1) is 12.8 Å². The minimum absolute atomic E-state index is 0.0488. The number of likely N-dealkylation sites (tertiary alicyclic amines) is 1. The molecule has 0 aromatic carbocycles. The summed E-state index contributed by atoms with van der Waals surface area (Å²) in [5, 5.41) is 19.7. The maximum absolute atomic E-state index is 14.3. The average Bonchev–Trinajstić information content (AvgIpc) is 4.30. The summed E-state index contributed by atoms with van der Waals surface area (Å²) in [4.78, 5) is 149. The Morgan fingerprint density at radius 1 is 0.744 bits per heavy atom. The molecule has 2 fully saturated rings. The number of nitrogens with one attached hydrogen (secondary N) is 7. The highest BCUT2D eigenvalue weighted by atomic mass is 16.3. The summed E-state index contributed by atoms with van der Waals surface area (Å²) in [6, 6.07) is -4.07. The standard InChI is InChI=1S/C59H102N12O11/c1-17-18-19-20-21-22-26-42(64-50(76)44-27-25-32-69(44)52(78)43-36-82-41(8)63-43)49(75)61-35-48(74)71(40(6)7)58(13,14)55(81)62-34-47(73)70(39(4)5)45(33-38(2)3)51(77)66-57(11,12)54(80)67-56(9,10)53(79)60-31-28-46(72)65-59(37-68(15)16)29-23-24-30-59/h36,38-40,42,44-45H,17-35,37H2,1-16H3,(H,60,79)(H,61,75)(H,62,81)(H,64,76)(H,65,72)(H,66,77)(H,67,80). The minimum atomic E-state index is -1.58. The summed E-state index contributed by atoms with van der Waals surface area (Å²) in [5.74, 6) is -5.22. The van der Waals surface area contributed by atoms with Gasteiger partial charge in [-0.1, -0.05) is 72.1 Å². The van der Waals surface area contributed by atoms with Crippen LogP contribution in [0.5, 0.6) is 0 Å². The number of likely N-dealkylation sites (N-methyl/N-ethyl adjacent to an activating group) is 1. The highest BCUT2D eigenvalue weighted by Crippen LogP contribution is 2.30. The van der Waals surface area contributed by atoms with E-state index in [1.54, 1.807) is 34.6 Å². The maximum atomic E-state index is 14.3. The molecule has 0 radical (unpaired) electrons. The van der Waals surface area contributed by atoms with E-state index in [1.165, 1.54) is 62.5 Å². The zero-order chi connectivity index (χ0) is 61.9. The molecule has 1 aliphatic heterocycles. The lowest BCUT2D eigenvalue weighted by Gasteiger charge is -2.41. The van der Waals surface area contributed by atoms with Crippen molar-refractivity contribution in [1.29, 1.82) is 0 Å². The number of unbranched alkanes of at least 4 members (excludes halogenated alkanes) is 5. The van der Waals surface area contributed by atoms with Crippen molar-refractivity contribution in [1.82, 2.24) is 61.8 Å². The summed E-state index contributed by atoms with van der Waals surface area (Å²) in [6.07, 6.45) is 12.2. The second-order valence-corrected chi connectivity index (χ2v) is 25.4. The van der Waals surface area contributed by atoms with Gasteiger partial charge in [-0.05, 0) is 128 Å². The summed E-state index contributed by atoms with van der Waals surface area (Å²) >= 11 is 0. The van der Waals surface area contributed by atoms with Crippen molar-refractivity contribution in [3.8, 4) is 0 Å². The molecule has 1 saturated carbocycles. The predicted octanol–water partition coefficient (Wildman–Crippen LogP) is 4.01. The number of carbonyl (C=O) groups excluding carboxylic acids is 10. The molecular formula is C59H102N12O11. The van der Waals surface area contributed by atoms with E-state index >= 15 is 0 Å². The Hall–Kier alpha value is -6.13. The van der Waals surface area contributed by atoms with Gasteiger partial charge in [0.2, 0.25) is 53.2 Å². The number of amides is 10. The lowest BCUT2D eigenvalue weighted by atomic mass is 9.96. The van der Waals surface area contributed by atoms with Gasteiger partial charge in [0.05, 0.1) is 18.6 Å². The summed E-state index contributed by atoms with van der Waals surface area (Å²) in [7, 11) is 3.94. The van der Waals surface area contributed by atoms with Crippen LogP contribution in [0.1, 0.15) is 203 Å². The van der Waals surface area contributed by atoms with Crippen LogP contribution in [0.4, 0.5) is 0 Å². The van der Waals surface area contributed by atoms with Gasteiger partial charge >= 0.3 is 0 Å². The Morgan fingerprint density at radius 3 is 1.93 bits per heavy atom. The lowest BCUT2D eigenvalue weighted by Crippen LogP contribution is -2.65. The molecular weight excluding hydrogens is 1050 g/mol. The van der Waals surface area contributed by atoms with Gasteiger partial charge in [0, 0.05) is 45.1 Å². The molecule has 2 aliphatic rings. The molecule has 3 unspecified atom stereocenters. The molecule has 464 valence electrons. The number of hydrogen-bond acceptors (Lipinski definition) is 13. The smallest absolute Gasteiger partial charge is 0.276 e. The third kappa shape index (κ3) is 20.6. The maximum Gasteiger partial charge on any atom is 0.276 e. The Labute approximate surface area is 487 Å². The van der Waals surface area contributed by atoms with Crippen LogP contribution in [0.3, 0.4) is 0 Å². The average molecular weight is 1160 g/mol. The van der Waals surface area contributed by atoms with E-state index in [-0.39, 0.29) is 48.9 Å². The first-order valence-electron chi connectivity index (χ1n) is 29.8. The molecule has 1 saturated heterocycles. The topological polar surface area (TPSA) is 294 Å². The molecule has 7 N–H and O–H groups in total. The minimum Gasteiger partial charge on any atom is -0.448 e. The zero-order valence-corrected chi connectivity index (χ0v) is 52.4. The summed E-state index contributed by atoms with van der Waals surface area (Å²) in [5.41, 5.74) is -4.81. The summed E-state index contributed by atoms with van der Waals surface area (Å²) < 4.78 is 5.23. The van der Waals surface area contributed by atoms with Gasteiger partial charge in [-0.3, -0.25) is 47.9 Å². The number of carbonyl (C=O) groups is 10. The first-order valence-corrected chi connectivity index (χ1v) is 29.8. The number of aromatic nitrogens is 1. The van der Waals surface area contributed by atoms with Crippen LogP contribution in [0.2, 0.25) is 0 Å². The van der Waals surface area contributed by atoms with Crippen molar-refractivity contribution in [2.24, 2.45) is 5.92 Å². The predicted molar refractivity (Wildman–Crippen MR) is 312 cm³/mol. The molecule has 2 heterocycles. The Morgan fingerprint density at radius 2 is 1.35 bits per heavy atom. The third-order valence-corrected chi connectivity index (χ3v) is 15.3. The second kappa shape index (κ2) is 31.5. The van der Waals surface area contributed by atoms with E-state index in [9.17, 15) is 47.9 Å². The fourth-order valence-corrected chi connectivity index (χ4v) is 11.2. The fourth-order valence-electron chi connectivity index (χ4n) is 11.2. The van der Waals surface area contributed by atoms with Crippen molar-refractivity contribution in [2.75, 3.05) is 46.8 Å². The van der Waals surface area contributed by atoms with E-state index in [4.69, 9.17) is 4.42 Å². The van der Waals surface area contributed by atoms with Crippen LogP contribution in [0.25, 0.3) is 0 Å². The highest BCUT2D eigenvalue weighted by Gasteiger charge is 2.44. The van der Waals surface area contributed by atoms with Crippen molar-refractivity contribution in [2.45, 2.75) is 246 Å². The Bertz CT molecular complexity index is 2360. The van der Waals surface area contributed by atoms with Crippen LogP contribution in [-0.4, -0.2) is 183 Å². The fraction of sp³-hybridized carbons (Fsp3) is 0.780. The molecule has 23 nitrogen and oxygen atoms in total. The van der Waals surface area contributed by atoms with Crippen molar-refractivity contribution < 1.29 is 52.4 Å². The SMILES string of the molecule is CCCCCCCCC(NC(=O)C1CCCN1C(=O)c1coc(C)n1)C(=O)NCC(=O)N(C(C)C)C(C)(C)C(=O)NCC(=O)N(C(C)C)C(CC(C)C)C(=O)NC(C)(C)C(=O)NC(C)(C)C(=O)NCCC(=O)NC1(CN(C)C)CCCC1. The third-order valence-electron chi connectivity index (χ3n) is 15.3. The van der Waals surface area contributed by atoms with Gasteiger partial charge in [-0.15, -0.1) is 0 Å². The quantitative estimate of drug-likeness (QED) is 0.0491. The molecule has 1 aliphatic carbocycles. The number of hydrogen-bond donors (Lipinski definition) is 7. The van der Waals surface area contributed by atoms with Crippen LogP contribution >= 0.6 is 0 Å². The van der Waals surface area contributed by atoms with Crippen molar-refractivity contribution >= 4 is 59.1 Å². The molecule has 1 aromatic rings. The Kier molecular flexibility index (Phi) is 26.9. The normalized spacial score (nSPS) is 16.1. The highest BCUT2D eigenvalue weighted by molar-refractivity contribution is 6.00. The molecule has 1 aromatic heterocycles. The molecule has 23 heteroatoms. The number of nitrogens with zero attached hydrogens (tertiary/aromatic N) is 5. The van der Waals surface area contributed by atoms with E-state index < -0.39 is 113 Å². The van der Waals surface area contributed by atoms with E-state index in [1.807, 2.05) is 27.9 Å². The molecule has 10 amide bonds. The zero-order valence-electron chi connectivity index (χ0n) is 52.4. The van der Waals surface area contributed by atoms with Crippen molar-refractivity contribution in [3.63, 3.8) is 0 Å². The van der Waals surface area contributed by atoms with Gasteiger partial charge < -0.3 is 61.2 Å². The molecule has 3 atom stereocenters. The van der Waals surface area contributed by atoms with Gasteiger partial charge in [-0.2, -0.15) is 0 Å². The van der Waals surface area contributed by atoms with Crippen molar-refractivity contribution in [3.05, 3.63) is 17.8 Å². The second-order valence-electron chi connectivity index (χ2n) is 25.4. The molecule has 0 spiro atoms. The van der Waals surface area contributed by atoms with Gasteiger partial charge in [0.15, 0.2) is 11.6 Å². The lowest BCUT2D eigenvalue weighted by molar-refractivity contribution is -0.150. The number of oxazole rings is 1. The van der Waals surface area contributed by atoms with E-state index in [0.717, 1.165) is 64.3 Å². The van der Waals surface area contributed by atoms with Crippen LogP contribution in [-0.2, 0) is 43.2 Å². The van der Waals surface area contributed by atoms with E-state index in [2.05, 4.69) is 54.0 Å². The molecule has 82 heavy (non-hydrogen) atoms. The van der Waals surface area contributed by atoms with E-state index in [0.29, 0.717) is 31.7 Å². The number of aryl methyl sites for hydroxylation is 1. The first-order chi connectivity index (χ1) is 38.2. The molecule has 0 bridgehead atoms. The Balaban J connectivity index is 1.68. The van der Waals surface area contributed by atoms with Gasteiger partial charge in [0.25, 0.3) is 5.91 Å². The summed E-state index contributed by atoms with van der Waals surface area (Å²) in [6.45, 7) is 23.5. The monoisotopic (exact) mass is 1150 g/mol. The van der Waals surface area contributed by atoms with Gasteiger partial charge in [0.1, 0.15) is 41.0 Å². The largest absolute Gasteiger partial charge is 0.448 e. The van der Waals surface area contributed by atoms with Crippen LogP contribution < -0.4 is 37.2 Å². The molecule has 3 rings (SSSR count). The first kappa shape index (κ1) is 70.1.